The van der Waals surface area contributed by atoms with E-state index in [2.05, 4.69) is 0 Å². The zero-order valence-corrected chi connectivity index (χ0v) is 15.1. The van der Waals surface area contributed by atoms with Gasteiger partial charge in [0.2, 0.25) is 11.7 Å². The number of hydrogen-bond acceptors (Lipinski definition) is 4. The third-order valence-electron chi connectivity index (χ3n) is 4.61. The molecule has 28 heavy (non-hydrogen) atoms. The maximum atomic E-state index is 14.1. The van der Waals surface area contributed by atoms with Crippen LogP contribution in [0.5, 0.6) is 5.88 Å². The molecule has 0 amide bonds. The second-order valence-corrected chi connectivity index (χ2v) is 6.31. The fourth-order valence-electron chi connectivity index (χ4n) is 3.10. The van der Waals surface area contributed by atoms with Gasteiger partial charge in [-0.25, -0.2) is 4.39 Å². The highest BCUT2D eigenvalue weighted by atomic mass is 19.1. The standard InChI is InChI=1S/C22H17FN2O3/c1-14-17(13-24)21(27)25(12-11-15-7-3-2-4-8-15)22(28)19(14)20(26)16-9-5-6-10-18(16)23/h2-10,28H,11-12H2,1H3. The first-order chi connectivity index (χ1) is 13.5. The van der Waals surface area contributed by atoms with E-state index in [-0.39, 0.29) is 28.8 Å². The highest BCUT2D eigenvalue weighted by molar-refractivity contribution is 6.11. The molecule has 0 saturated carbocycles. The van der Waals surface area contributed by atoms with Crippen molar-refractivity contribution in [1.82, 2.24) is 4.57 Å². The number of carbonyl (C=O) groups is 1. The van der Waals surface area contributed by atoms with Crippen molar-refractivity contribution >= 4 is 5.78 Å². The lowest BCUT2D eigenvalue weighted by Gasteiger charge is -2.16. The van der Waals surface area contributed by atoms with E-state index >= 15 is 0 Å². The molecule has 6 heteroatoms. The van der Waals surface area contributed by atoms with Gasteiger partial charge in [0.05, 0.1) is 11.1 Å². The van der Waals surface area contributed by atoms with Gasteiger partial charge in [-0.2, -0.15) is 5.26 Å². The summed E-state index contributed by atoms with van der Waals surface area (Å²) in [7, 11) is 0. The van der Waals surface area contributed by atoms with Crippen LogP contribution in [0.1, 0.15) is 32.6 Å². The molecule has 2 aromatic carbocycles. The molecule has 0 atom stereocenters. The van der Waals surface area contributed by atoms with Crippen LogP contribution in [0, 0.1) is 24.1 Å². The average Bonchev–Trinajstić information content (AvgIpc) is 2.69. The van der Waals surface area contributed by atoms with Gasteiger partial charge < -0.3 is 5.11 Å². The number of nitriles is 1. The van der Waals surface area contributed by atoms with E-state index in [1.54, 1.807) is 6.07 Å². The summed E-state index contributed by atoms with van der Waals surface area (Å²) in [4.78, 5) is 25.5. The van der Waals surface area contributed by atoms with Gasteiger partial charge in [0.25, 0.3) is 5.56 Å². The van der Waals surface area contributed by atoms with Crippen LogP contribution < -0.4 is 5.56 Å². The number of aromatic nitrogens is 1. The number of nitrogens with zero attached hydrogens (tertiary/aromatic N) is 2. The molecule has 3 aromatic rings. The van der Waals surface area contributed by atoms with E-state index in [1.807, 2.05) is 30.3 Å². The van der Waals surface area contributed by atoms with Crippen molar-refractivity contribution < 1.29 is 14.3 Å². The highest BCUT2D eigenvalue weighted by Gasteiger charge is 2.26. The fraction of sp³-hybridized carbons (Fsp3) is 0.136. The molecule has 1 heterocycles. The van der Waals surface area contributed by atoms with Crippen LogP contribution >= 0.6 is 0 Å². The summed E-state index contributed by atoms with van der Waals surface area (Å²) in [6, 6.07) is 16.5. The first-order valence-electron chi connectivity index (χ1n) is 8.65. The Bertz CT molecular complexity index is 1140. The van der Waals surface area contributed by atoms with Gasteiger partial charge in [-0.3, -0.25) is 14.2 Å². The minimum atomic E-state index is -0.780. The highest BCUT2D eigenvalue weighted by Crippen LogP contribution is 2.26. The van der Waals surface area contributed by atoms with Crippen molar-refractivity contribution in [3.8, 4) is 11.9 Å². The van der Waals surface area contributed by atoms with Crippen molar-refractivity contribution in [1.29, 1.82) is 5.26 Å². The Kier molecular flexibility index (Phi) is 5.37. The molecular formula is C22H17FN2O3. The minimum Gasteiger partial charge on any atom is -0.494 e. The number of rotatable bonds is 5. The van der Waals surface area contributed by atoms with Crippen LogP contribution in [-0.2, 0) is 13.0 Å². The van der Waals surface area contributed by atoms with Crippen LogP contribution in [0.4, 0.5) is 4.39 Å². The summed E-state index contributed by atoms with van der Waals surface area (Å²) < 4.78 is 15.1. The zero-order valence-electron chi connectivity index (χ0n) is 15.1. The number of aryl methyl sites for hydroxylation is 1. The fourth-order valence-corrected chi connectivity index (χ4v) is 3.10. The van der Waals surface area contributed by atoms with Crippen molar-refractivity contribution in [2.24, 2.45) is 0 Å². The number of carbonyl (C=O) groups excluding carboxylic acids is 1. The van der Waals surface area contributed by atoms with Crippen LogP contribution in [0.25, 0.3) is 0 Å². The Morgan fingerprint density at radius 2 is 1.79 bits per heavy atom. The Hall–Kier alpha value is -3.72. The molecule has 0 radical (unpaired) electrons. The van der Waals surface area contributed by atoms with Gasteiger partial charge in [-0.05, 0) is 36.6 Å². The SMILES string of the molecule is Cc1c(C(=O)c2ccccc2F)c(O)n(CCc2ccccc2)c(=O)c1C#N. The van der Waals surface area contributed by atoms with Gasteiger partial charge in [-0.15, -0.1) is 0 Å². The van der Waals surface area contributed by atoms with Crippen LogP contribution in [0.3, 0.4) is 0 Å². The van der Waals surface area contributed by atoms with Gasteiger partial charge >= 0.3 is 0 Å². The third-order valence-corrected chi connectivity index (χ3v) is 4.61. The number of pyridine rings is 1. The van der Waals surface area contributed by atoms with E-state index in [4.69, 9.17) is 0 Å². The molecule has 5 nitrogen and oxygen atoms in total. The van der Waals surface area contributed by atoms with Gasteiger partial charge in [0.1, 0.15) is 17.4 Å². The number of halogens is 1. The largest absolute Gasteiger partial charge is 0.494 e. The molecule has 1 N–H and O–H groups in total. The molecule has 0 saturated heterocycles. The lowest BCUT2D eigenvalue weighted by Crippen LogP contribution is -2.27. The lowest BCUT2D eigenvalue weighted by atomic mass is 9.97. The van der Waals surface area contributed by atoms with E-state index < -0.39 is 23.0 Å². The molecule has 0 aliphatic carbocycles. The van der Waals surface area contributed by atoms with Crippen LogP contribution in [0.2, 0.25) is 0 Å². The molecule has 0 bridgehead atoms. The van der Waals surface area contributed by atoms with Crippen molar-refractivity contribution in [3.63, 3.8) is 0 Å². The Balaban J connectivity index is 2.13. The molecular weight excluding hydrogens is 359 g/mol. The van der Waals surface area contributed by atoms with Crippen LogP contribution in [-0.4, -0.2) is 15.5 Å². The molecule has 0 aliphatic rings. The normalized spacial score (nSPS) is 10.5. The third kappa shape index (κ3) is 3.42. The molecule has 0 fully saturated rings. The van der Waals surface area contributed by atoms with Gasteiger partial charge in [-0.1, -0.05) is 42.5 Å². The molecule has 3 rings (SSSR count). The minimum absolute atomic E-state index is 0.0363. The van der Waals surface area contributed by atoms with Gasteiger partial charge in [0, 0.05) is 6.54 Å². The average molecular weight is 376 g/mol. The van der Waals surface area contributed by atoms with Crippen molar-refractivity contribution in [2.45, 2.75) is 19.9 Å². The van der Waals surface area contributed by atoms with Crippen molar-refractivity contribution in [3.05, 3.63) is 98.6 Å². The second kappa shape index (κ2) is 7.89. The maximum Gasteiger partial charge on any atom is 0.271 e. The predicted molar refractivity (Wildman–Crippen MR) is 102 cm³/mol. The van der Waals surface area contributed by atoms with E-state index in [0.717, 1.165) is 16.2 Å². The first kappa shape index (κ1) is 19.1. The summed E-state index contributed by atoms with van der Waals surface area (Å²) in [5.41, 5.74) is -0.444. The van der Waals surface area contributed by atoms with Crippen molar-refractivity contribution in [2.75, 3.05) is 0 Å². The summed E-state index contributed by atoms with van der Waals surface area (Å²) in [5, 5.41) is 20.1. The predicted octanol–water partition coefficient (Wildman–Crippen LogP) is 3.35. The Labute approximate surface area is 160 Å². The monoisotopic (exact) mass is 376 g/mol. The Morgan fingerprint density at radius 3 is 2.43 bits per heavy atom. The first-order valence-corrected chi connectivity index (χ1v) is 8.65. The topological polar surface area (TPSA) is 83.1 Å². The number of hydrogen-bond donors (Lipinski definition) is 1. The molecule has 0 unspecified atom stereocenters. The summed E-state index contributed by atoms with van der Waals surface area (Å²) in [5.74, 6) is -2.09. The molecule has 0 aliphatic heterocycles. The number of benzene rings is 2. The summed E-state index contributed by atoms with van der Waals surface area (Å²) in [6.45, 7) is 1.47. The smallest absolute Gasteiger partial charge is 0.271 e. The number of ketones is 1. The second-order valence-electron chi connectivity index (χ2n) is 6.31. The summed E-state index contributed by atoms with van der Waals surface area (Å²) >= 11 is 0. The van der Waals surface area contributed by atoms with E-state index in [9.17, 15) is 24.3 Å². The van der Waals surface area contributed by atoms with E-state index in [0.29, 0.717) is 6.42 Å². The zero-order chi connectivity index (χ0) is 20.3. The molecule has 140 valence electrons. The van der Waals surface area contributed by atoms with Crippen LogP contribution in [0.15, 0.2) is 59.4 Å². The molecule has 0 spiro atoms. The maximum absolute atomic E-state index is 14.1. The van der Waals surface area contributed by atoms with Gasteiger partial charge in [0.15, 0.2) is 0 Å². The Morgan fingerprint density at radius 1 is 1.14 bits per heavy atom. The number of aromatic hydroxyl groups is 1. The quantitative estimate of drug-likeness (QED) is 0.692. The van der Waals surface area contributed by atoms with E-state index in [1.165, 1.54) is 25.1 Å². The summed E-state index contributed by atoms with van der Waals surface area (Å²) in [6.07, 6.45) is 0.412. The lowest BCUT2D eigenvalue weighted by molar-refractivity contribution is 0.103. The molecule has 1 aromatic heterocycles.